The SMILES string of the molecule is COc1ccc(-c2noc(CN)n2)cc1OC1CCN(C)CC1. The van der Waals surface area contributed by atoms with E-state index in [1.54, 1.807) is 7.11 Å². The summed E-state index contributed by atoms with van der Waals surface area (Å²) in [5.74, 6) is 2.32. The molecule has 2 heterocycles. The molecule has 23 heavy (non-hydrogen) atoms. The number of ether oxygens (including phenoxy) is 2. The Labute approximate surface area is 135 Å². The molecule has 0 bridgehead atoms. The standard InChI is InChI=1S/C16H22N4O3/c1-20-7-5-12(6-8-20)22-14-9-11(3-4-13(14)21-2)16-18-15(10-17)23-19-16/h3-4,9,12H,5-8,10,17H2,1-2H3. The van der Waals surface area contributed by atoms with Gasteiger partial charge in [-0.3, -0.25) is 0 Å². The molecule has 1 aromatic heterocycles. The van der Waals surface area contributed by atoms with Gasteiger partial charge < -0.3 is 24.6 Å². The number of aromatic nitrogens is 2. The van der Waals surface area contributed by atoms with Crippen molar-refractivity contribution in [3.8, 4) is 22.9 Å². The van der Waals surface area contributed by atoms with E-state index in [1.807, 2.05) is 18.2 Å². The average molecular weight is 318 g/mol. The maximum absolute atomic E-state index is 6.16. The molecule has 1 fully saturated rings. The molecule has 0 unspecified atom stereocenters. The monoisotopic (exact) mass is 318 g/mol. The van der Waals surface area contributed by atoms with Gasteiger partial charge in [-0.05, 0) is 38.1 Å². The first-order chi connectivity index (χ1) is 11.2. The highest BCUT2D eigenvalue weighted by atomic mass is 16.5. The molecule has 1 aliphatic heterocycles. The first-order valence-corrected chi connectivity index (χ1v) is 7.76. The molecule has 2 aromatic rings. The van der Waals surface area contributed by atoms with E-state index in [0.717, 1.165) is 31.5 Å². The van der Waals surface area contributed by atoms with Gasteiger partial charge in [-0.2, -0.15) is 4.98 Å². The summed E-state index contributed by atoms with van der Waals surface area (Å²) in [7, 11) is 3.76. The van der Waals surface area contributed by atoms with E-state index in [-0.39, 0.29) is 12.6 Å². The van der Waals surface area contributed by atoms with E-state index in [0.29, 0.717) is 23.2 Å². The fourth-order valence-corrected chi connectivity index (χ4v) is 2.65. The van der Waals surface area contributed by atoms with Gasteiger partial charge in [0, 0.05) is 18.7 Å². The van der Waals surface area contributed by atoms with Crippen LogP contribution in [-0.2, 0) is 6.54 Å². The fourth-order valence-electron chi connectivity index (χ4n) is 2.65. The third-order valence-electron chi connectivity index (χ3n) is 4.02. The van der Waals surface area contributed by atoms with Gasteiger partial charge in [0.2, 0.25) is 11.7 Å². The highest BCUT2D eigenvalue weighted by molar-refractivity contribution is 5.60. The molecule has 0 radical (unpaired) electrons. The van der Waals surface area contributed by atoms with Crippen molar-refractivity contribution >= 4 is 0 Å². The number of likely N-dealkylation sites (tertiary alicyclic amines) is 1. The summed E-state index contributed by atoms with van der Waals surface area (Å²) >= 11 is 0. The molecule has 3 rings (SSSR count). The molecular formula is C16H22N4O3. The highest BCUT2D eigenvalue weighted by Gasteiger charge is 2.20. The van der Waals surface area contributed by atoms with E-state index < -0.39 is 0 Å². The molecule has 1 aromatic carbocycles. The number of benzene rings is 1. The molecule has 7 nitrogen and oxygen atoms in total. The van der Waals surface area contributed by atoms with Crippen molar-refractivity contribution in [2.24, 2.45) is 5.73 Å². The Morgan fingerprint density at radius 3 is 2.74 bits per heavy atom. The maximum atomic E-state index is 6.16. The van der Waals surface area contributed by atoms with Crippen LogP contribution in [0.4, 0.5) is 0 Å². The van der Waals surface area contributed by atoms with Crippen LogP contribution in [0.25, 0.3) is 11.4 Å². The number of nitrogens with two attached hydrogens (primary N) is 1. The zero-order valence-electron chi connectivity index (χ0n) is 13.5. The first-order valence-electron chi connectivity index (χ1n) is 7.76. The largest absolute Gasteiger partial charge is 0.493 e. The second-order valence-corrected chi connectivity index (χ2v) is 5.70. The van der Waals surface area contributed by atoms with Crippen LogP contribution in [0, 0.1) is 0 Å². The van der Waals surface area contributed by atoms with Gasteiger partial charge in [0.1, 0.15) is 6.10 Å². The Morgan fingerprint density at radius 2 is 2.09 bits per heavy atom. The lowest BCUT2D eigenvalue weighted by Gasteiger charge is -2.29. The second-order valence-electron chi connectivity index (χ2n) is 5.70. The minimum absolute atomic E-state index is 0.195. The van der Waals surface area contributed by atoms with E-state index in [9.17, 15) is 0 Å². The number of rotatable bonds is 5. The summed E-state index contributed by atoms with van der Waals surface area (Å²) in [6, 6.07) is 5.63. The second kappa shape index (κ2) is 6.97. The first kappa shape index (κ1) is 15.8. The van der Waals surface area contributed by atoms with Gasteiger partial charge >= 0.3 is 0 Å². The van der Waals surface area contributed by atoms with Crippen LogP contribution < -0.4 is 15.2 Å². The molecule has 0 atom stereocenters. The lowest BCUT2D eigenvalue weighted by atomic mass is 10.1. The van der Waals surface area contributed by atoms with Crippen LogP contribution in [0.2, 0.25) is 0 Å². The molecule has 0 saturated carbocycles. The summed E-state index contributed by atoms with van der Waals surface area (Å²) < 4.78 is 16.6. The summed E-state index contributed by atoms with van der Waals surface area (Å²) in [5.41, 5.74) is 6.32. The molecule has 2 N–H and O–H groups in total. The predicted octanol–water partition coefficient (Wildman–Crippen LogP) is 1.68. The van der Waals surface area contributed by atoms with Gasteiger partial charge in [-0.15, -0.1) is 0 Å². The zero-order chi connectivity index (χ0) is 16.2. The Hall–Kier alpha value is -2.12. The van der Waals surface area contributed by atoms with E-state index >= 15 is 0 Å². The van der Waals surface area contributed by atoms with Gasteiger partial charge in [-0.1, -0.05) is 5.16 Å². The van der Waals surface area contributed by atoms with Crippen LogP contribution in [0.15, 0.2) is 22.7 Å². The van der Waals surface area contributed by atoms with E-state index in [2.05, 4.69) is 22.1 Å². The molecular weight excluding hydrogens is 296 g/mol. The lowest BCUT2D eigenvalue weighted by molar-refractivity contribution is 0.111. The van der Waals surface area contributed by atoms with Crippen molar-refractivity contribution in [2.45, 2.75) is 25.5 Å². The quantitative estimate of drug-likeness (QED) is 0.897. The number of hydrogen-bond acceptors (Lipinski definition) is 7. The molecule has 0 amide bonds. The van der Waals surface area contributed by atoms with Crippen molar-refractivity contribution in [3.63, 3.8) is 0 Å². The normalized spacial score (nSPS) is 16.5. The van der Waals surface area contributed by atoms with Crippen LogP contribution >= 0.6 is 0 Å². The summed E-state index contributed by atoms with van der Waals surface area (Å²) in [6.07, 6.45) is 2.20. The smallest absolute Gasteiger partial charge is 0.240 e. The Balaban J connectivity index is 1.81. The maximum Gasteiger partial charge on any atom is 0.240 e. The predicted molar refractivity (Wildman–Crippen MR) is 85.3 cm³/mol. The molecule has 1 aliphatic rings. The average Bonchev–Trinajstić information content (AvgIpc) is 3.06. The lowest BCUT2D eigenvalue weighted by Crippen LogP contribution is -2.35. The Morgan fingerprint density at radius 1 is 1.30 bits per heavy atom. The van der Waals surface area contributed by atoms with Gasteiger partial charge in [0.15, 0.2) is 11.5 Å². The van der Waals surface area contributed by atoms with Gasteiger partial charge in [0.05, 0.1) is 13.7 Å². The van der Waals surface area contributed by atoms with Crippen molar-refractivity contribution in [2.75, 3.05) is 27.2 Å². The fraction of sp³-hybridized carbons (Fsp3) is 0.500. The van der Waals surface area contributed by atoms with Gasteiger partial charge in [0.25, 0.3) is 0 Å². The topological polar surface area (TPSA) is 86.6 Å². The van der Waals surface area contributed by atoms with Crippen LogP contribution in [0.3, 0.4) is 0 Å². The third kappa shape index (κ3) is 3.62. The molecule has 124 valence electrons. The molecule has 1 saturated heterocycles. The van der Waals surface area contributed by atoms with E-state index in [4.69, 9.17) is 19.7 Å². The van der Waals surface area contributed by atoms with Crippen molar-refractivity contribution in [1.29, 1.82) is 0 Å². The Bertz CT molecular complexity index is 651. The zero-order valence-corrected chi connectivity index (χ0v) is 13.5. The number of hydrogen-bond donors (Lipinski definition) is 1. The van der Waals surface area contributed by atoms with Crippen LogP contribution in [-0.4, -0.2) is 48.4 Å². The molecule has 0 aliphatic carbocycles. The molecule has 7 heteroatoms. The van der Waals surface area contributed by atoms with Crippen molar-refractivity contribution < 1.29 is 14.0 Å². The molecule has 0 spiro atoms. The van der Waals surface area contributed by atoms with E-state index in [1.165, 1.54) is 0 Å². The third-order valence-corrected chi connectivity index (χ3v) is 4.02. The number of nitrogens with zero attached hydrogens (tertiary/aromatic N) is 3. The number of methoxy groups -OCH3 is 1. The van der Waals surface area contributed by atoms with Crippen LogP contribution in [0.5, 0.6) is 11.5 Å². The number of piperidine rings is 1. The summed E-state index contributed by atoms with van der Waals surface area (Å²) in [4.78, 5) is 6.55. The minimum atomic E-state index is 0.195. The van der Waals surface area contributed by atoms with Crippen LogP contribution in [0.1, 0.15) is 18.7 Å². The van der Waals surface area contributed by atoms with Crippen molar-refractivity contribution in [3.05, 3.63) is 24.1 Å². The summed E-state index contributed by atoms with van der Waals surface area (Å²) in [5, 5.41) is 3.94. The summed E-state index contributed by atoms with van der Waals surface area (Å²) in [6.45, 7) is 2.30. The Kier molecular flexibility index (Phi) is 4.78. The van der Waals surface area contributed by atoms with Gasteiger partial charge in [-0.25, -0.2) is 0 Å². The highest BCUT2D eigenvalue weighted by Crippen LogP contribution is 2.33. The minimum Gasteiger partial charge on any atom is -0.493 e. The van der Waals surface area contributed by atoms with Crippen molar-refractivity contribution in [1.82, 2.24) is 15.0 Å².